The zero-order valence-electron chi connectivity index (χ0n) is 15.7. The lowest BCUT2D eigenvalue weighted by Crippen LogP contribution is -1.93. The number of carbonyl (C=O) groups is 1. The largest absolute Gasteiger partial charge is 0.497 e. The van der Waals surface area contributed by atoms with Gasteiger partial charge >= 0.3 is 0 Å². The first-order valence-electron chi connectivity index (χ1n) is 8.97. The molecule has 3 aromatic carbocycles. The molecule has 1 heterocycles. The molecule has 4 aromatic rings. The summed E-state index contributed by atoms with van der Waals surface area (Å²) in [5.41, 5.74) is 4.32. The average Bonchev–Trinajstić information content (AvgIpc) is 3.16. The van der Waals surface area contributed by atoms with Crippen LogP contribution in [0.15, 0.2) is 77.3 Å². The third-order valence-corrected chi connectivity index (χ3v) is 4.60. The molecule has 0 bridgehead atoms. The predicted molar refractivity (Wildman–Crippen MR) is 111 cm³/mol. The van der Waals surface area contributed by atoms with Gasteiger partial charge in [0.25, 0.3) is 0 Å². The van der Waals surface area contributed by atoms with Crippen LogP contribution in [-0.2, 0) is 0 Å². The minimum Gasteiger partial charge on any atom is -0.497 e. The molecule has 0 amide bonds. The van der Waals surface area contributed by atoms with Crippen LogP contribution in [0.2, 0.25) is 0 Å². The van der Waals surface area contributed by atoms with E-state index in [0.29, 0.717) is 16.8 Å². The number of methoxy groups -OCH3 is 1. The molecule has 0 aliphatic carbocycles. The number of ketones is 1. The van der Waals surface area contributed by atoms with Crippen LogP contribution in [-0.4, -0.2) is 18.0 Å². The van der Waals surface area contributed by atoms with Crippen molar-refractivity contribution in [1.29, 1.82) is 0 Å². The van der Waals surface area contributed by atoms with Crippen LogP contribution in [0, 0.1) is 6.92 Å². The smallest absolute Gasteiger partial charge is 0.185 e. The van der Waals surface area contributed by atoms with Gasteiger partial charge in [-0.25, -0.2) is 0 Å². The molecular weight excluding hydrogens is 350 g/mol. The molecule has 0 atom stereocenters. The van der Waals surface area contributed by atoms with Gasteiger partial charge in [0.15, 0.2) is 11.5 Å². The van der Waals surface area contributed by atoms with Crippen molar-refractivity contribution >= 4 is 22.8 Å². The summed E-state index contributed by atoms with van der Waals surface area (Å²) in [5, 5.41) is 4.90. The number of carbonyl (C=O) groups excluding carboxylic acids is 1. The van der Waals surface area contributed by atoms with Crippen molar-refractivity contribution in [3.63, 3.8) is 0 Å². The third-order valence-electron chi connectivity index (χ3n) is 4.60. The molecular formula is C24H19NO3. The first kappa shape index (κ1) is 17.7. The van der Waals surface area contributed by atoms with Crippen LogP contribution in [0.1, 0.15) is 21.5 Å². The van der Waals surface area contributed by atoms with E-state index in [-0.39, 0.29) is 5.78 Å². The van der Waals surface area contributed by atoms with Crippen LogP contribution < -0.4 is 4.74 Å². The van der Waals surface area contributed by atoms with E-state index >= 15 is 0 Å². The molecule has 0 saturated carbocycles. The Labute approximate surface area is 163 Å². The molecule has 0 radical (unpaired) electrons. The molecule has 1 aromatic heterocycles. The lowest BCUT2D eigenvalue weighted by molar-refractivity contribution is 0.104. The normalized spacial score (nSPS) is 11.2. The summed E-state index contributed by atoms with van der Waals surface area (Å²) < 4.78 is 10.8. The van der Waals surface area contributed by atoms with E-state index in [1.807, 2.05) is 67.6 Å². The number of nitrogens with zero attached hydrogens (tertiary/aromatic N) is 1. The van der Waals surface area contributed by atoms with Crippen molar-refractivity contribution in [3.8, 4) is 17.1 Å². The lowest BCUT2D eigenvalue weighted by Gasteiger charge is -2.02. The minimum absolute atomic E-state index is 0.0692. The van der Waals surface area contributed by atoms with Crippen LogP contribution >= 0.6 is 0 Å². The summed E-state index contributed by atoms with van der Waals surface area (Å²) in [6.45, 7) is 2.03. The Morgan fingerprint density at radius 2 is 1.86 bits per heavy atom. The number of fused-ring (bicyclic) bond motifs is 1. The summed E-state index contributed by atoms with van der Waals surface area (Å²) in [4.78, 5) is 12.6. The molecule has 4 rings (SSSR count). The number of aryl methyl sites for hydroxylation is 1. The van der Waals surface area contributed by atoms with Gasteiger partial charge in [-0.1, -0.05) is 53.2 Å². The van der Waals surface area contributed by atoms with E-state index in [1.165, 1.54) is 5.56 Å². The van der Waals surface area contributed by atoms with Crippen LogP contribution in [0.25, 0.3) is 28.3 Å². The highest BCUT2D eigenvalue weighted by molar-refractivity contribution is 6.09. The van der Waals surface area contributed by atoms with Crippen molar-refractivity contribution < 1.29 is 14.1 Å². The van der Waals surface area contributed by atoms with Gasteiger partial charge in [0.2, 0.25) is 0 Å². The van der Waals surface area contributed by atoms with Gasteiger partial charge in [-0.3, -0.25) is 4.79 Å². The SMILES string of the molecule is COc1cccc(-c2onc3ccc(C(=O)/C=C/c4ccc(C)cc4)cc23)c1. The first-order valence-corrected chi connectivity index (χ1v) is 8.97. The molecule has 0 aliphatic rings. The van der Waals surface area contributed by atoms with Gasteiger partial charge in [0.1, 0.15) is 11.3 Å². The van der Waals surface area contributed by atoms with E-state index in [4.69, 9.17) is 9.26 Å². The van der Waals surface area contributed by atoms with Crippen LogP contribution in [0.5, 0.6) is 5.75 Å². The van der Waals surface area contributed by atoms with E-state index in [0.717, 1.165) is 22.3 Å². The number of aromatic nitrogens is 1. The highest BCUT2D eigenvalue weighted by Gasteiger charge is 2.13. The van der Waals surface area contributed by atoms with Gasteiger partial charge in [0, 0.05) is 11.1 Å². The molecule has 0 fully saturated rings. The predicted octanol–water partition coefficient (Wildman–Crippen LogP) is 5.71. The number of benzene rings is 3. The maximum absolute atomic E-state index is 12.6. The van der Waals surface area contributed by atoms with E-state index in [1.54, 1.807) is 25.3 Å². The van der Waals surface area contributed by atoms with Crippen LogP contribution in [0.3, 0.4) is 0 Å². The quantitative estimate of drug-likeness (QED) is 0.334. The molecule has 0 N–H and O–H groups in total. The Bertz CT molecular complexity index is 1170. The van der Waals surface area contributed by atoms with Gasteiger partial charge in [0.05, 0.1) is 12.5 Å². The third kappa shape index (κ3) is 3.58. The molecule has 0 saturated heterocycles. The van der Waals surface area contributed by atoms with Crippen molar-refractivity contribution in [2.45, 2.75) is 6.92 Å². The standard InChI is InChI=1S/C24H19NO3/c1-16-6-8-17(9-7-16)10-13-23(26)18-11-12-22-21(15-18)24(28-25-22)19-4-3-5-20(14-19)27-2/h3-15H,1-2H3/b13-10+. The second kappa shape index (κ2) is 7.53. The molecule has 4 heteroatoms. The molecule has 28 heavy (non-hydrogen) atoms. The molecule has 138 valence electrons. The second-order valence-electron chi connectivity index (χ2n) is 6.58. The number of ether oxygens (including phenoxy) is 1. The van der Waals surface area contributed by atoms with E-state index in [9.17, 15) is 4.79 Å². The zero-order chi connectivity index (χ0) is 19.5. The van der Waals surface area contributed by atoms with E-state index in [2.05, 4.69) is 5.16 Å². The van der Waals surface area contributed by atoms with Gasteiger partial charge in [-0.2, -0.15) is 0 Å². The number of hydrogen-bond donors (Lipinski definition) is 0. The van der Waals surface area contributed by atoms with Gasteiger partial charge in [-0.05, 0) is 48.9 Å². The van der Waals surface area contributed by atoms with Gasteiger partial charge < -0.3 is 9.26 Å². The maximum Gasteiger partial charge on any atom is 0.185 e. The summed E-state index contributed by atoms with van der Waals surface area (Å²) in [6.07, 6.45) is 3.41. The first-order chi connectivity index (χ1) is 13.6. The fraction of sp³-hybridized carbons (Fsp3) is 0.0833. The number of allylic oxidation sites excluding steroid dienone is 1. The highest BCUT2D eigenvalue weighted by Crippen LogP contribution is 2.31. The topological polar surface area (TPSA) is 52.3 Å². The van der Waals surface area contributed by atoms with Crippen molar-refractivity contribution in [2.75, 3.05) is 7.11 Å². The Morgan fingerprint density at radius 1 is 1.04 bits per heavy atom. The Morgan fingerprint density at radius 3 is 2.64 bits per heavy atom. The Balaban J connectivity index is 1.67. The molecule has 0 unspecified atom stereocenters. The van der Waals surface area contributed by atoms with Crippen molar-refractivity contribution in [2.24, 2.45) is 0 Å². The van der Waals surface area contributed by atoms with Crippen molar-refractivity contribution in [1.82, 2.24) is 5.16 Å². The summed E-state index contributed by atoms with van der Waals surface area (Å²) in [6, 6.07) is 21.0. The molecule has 4 nitrogen and oxygen atoms in total. The number of hydrogen-bond acceptors (Lipinski definition) is 4. The second-order valence-corrected chi connectivity index (χ2v) is 6.58. The lowest BCUT2D eigenvalue weighted by atomic mass is 10.0. The van der Waals surface area contributed by atoms with Gasteiger partial charge in [-0.15, -0.1) is 0 Å². The molecule has 0 spiro atoms. The summed E-state index contributed by atoms with van der Waals surface area (Å²) in [7, 11) is 1.62. The highest BCUT2D eigenvalue weighted by atomic mass is 16.5. The van der Waals surface area contributed by atoms with Crippen LogP contribution in [0.4, 0.5) is 0 Å². The fourth-order valence-corrected chi connectivity index (χ4v) is 3.01. The Kier molecular flexibility index (Phi) is 4.77. The van der Waals surface area contributed by atoms with Crippen molar-refractivity contribution in [3.05, 3.63) is 89.5 Å². The fourth-order valence-electron chi connectivity index (χ4n) is 3.01. The minimum atomic E-state index is -0.0692. The zero-order valence-corrected chi connectivity index (χ0v) is 15.7. The average molecular weight is 369 g/mol. The molecule has 0 aliphatic heterocycles. The summed E-state index contributed by atoms with van der Waals surface area (Å²) >= 11 is 0. The summed E-state index contributed by atoms with van der Waals surface area (Å²) in [5.74, 6) is 1.28. The van der Waals surface area contributed by atoms with E-state index < -0.39 is 0 Å². The monoisotopic (exact) mass is 369 g/mol. The number of rotatable bonds is 5. The Hall–Kier alpha value is -3.66. The maximum atomic E-state index is 12.6.